The van der Waals surface area contributed by atoms with Gasteiger partial charge in [-0.2, -0.15) is 0 Å². The fourth-order valence-electron chi connectivity index (χ4n) is 9.19. The van der Waals surface area contributed by atoms with E-state index >= 15 is 0 Å². The number of hydrogen-bond acceptors (Lipinski definition) is 1. The van der Waals surface area contributed by atoms with Crippen molar-refractivity contribution < 1.29 is 0 Å². The van der Waals surface area contributed by atoms with Gasteiger partial charge in [0, 0.05) is 16.2 Å². The van der Waals surface area contributed by atoms with Crippen LogP contribution < -0.4 is 4.90 Å². The van der Waals surface area contributed by atoms with E-state index in [9.17, 15) is 0 Å². The molecule has 6 aromatic carbocycles. The molecular weight excluding hydrogens is 627 g/mol. The normalized spacial score (nSPS) is 16.2. The van der Waals surface area contributed by atoms with Gasteiger partial charge in [0.2, 0.25) is 0 Å². The largest absolute Gasteiger partial charge is 0.309 e. The fraction of sp³-hybridized carbons (Fsp3) is 0.176. The third-order valence-electron chi connectivity index (χ3n) is 12.5. The van der Waals surface area contributed by atoms with Crippen LogP contribution in [-0.2, 0) is 16.2 Å². The van der Waals surface area contributed by atoms with E-state index in [1.165, 1.54) is 83.8 Å². The van der Waals surface area contributed by atoms with Crippen LogP contribution in [0.4, 0.5) is 17.1 Å². The second kappa shape index (κ2) is 10.9. The van der Waals surface area contributed by atoms with Crippen molar-refractivity contribution in [3.05, 3.63) is 179 Å². The first kappa shape index (κ1) is 32.3. The van der Waals surface area contributed by atoms with Crippen molar-refractivity contribution in [3.8, 4) is 33.4 Å². The number of anilines is 3. The molecule has 9 rings (SSSR count). The van der Waals surface area contributed by atoms with Crippen molar-refractivity contribution in [2.75, 3.05) is 4.90 Å². The zero-order valence-electron chi connectivity index (χ0n) is 31.2. The van der Waals surface area contributed by atoms with Gasteiger partial charge in [-0.15, -0.1) is 0 Å². The highest BCUT2D eigenvalue weighted by Gasteiger charge is 2.52. The SMILES string of the molecule is C=Cc1ccc(-c2cc3c4c(c2)C(C)(C)c2cc(-c5ccc(C=C)cc5)cc5c2N4c2c(cc(-c4ccc(C=C)cc4)cc2C5(C)C)C3(C)C)cc1. The van der Waals surface area contributed by atoms with Gasteiger partial charge in [0.25, 0.3) is 0 Å². The van der Waals surface area contributed by atoms with Gasteiger partial charge in [0.1, 0.15) is 0 Å². The first-order valence-corrected chi connectivity index (χ1v) is 18.4. The molecule has 0 saturated carbocycles. The molecule has 0 unspecified atom stereocenters. The number of nitrogens with zero attached hydrogens (tertiary/aromatic N) is 1. The van der Waals surface area contributed by atoms with Crippen molar-refractivity contribution >= 4 is 35.3 Å². The Labute approximate surface area is 309 Å². The summed E-state index contributed by atoms with van der Waals surface area (Å²) in [6.45, 7) is 26.6. The molecule has 52 heavy (non-hydrogen) atoms. The van der Waals surface area contributed by atoms with E-state index in [-0.39, 0.29) is 16.2 Å². The minimum absolute atomic E-state index is 0.257. The summed E-state index contributed by atoms with van der Waals surface area (Å²) in [5.41, 5.74) is 22.3. The van der Waals surface area contributed by atoms with Crippen molar-refractivity contribution in [2.24, 2.45) is 0 Å². The number of benzene rings is 6. The van der Waals surface area contributed by atoms with Crippen molar-refractivity contribution in [2.45, 2.75) is 57.8 Å². The van der Waals surface area contributed by atoms with E-state index in [2.05, 4.69) is 175 Å². The predicted molar refractivity (Wildman–Crippen MR) is 224 cm³/mol. The van der Waals surface area contributed by atoms with Crippen LogP contribution in [0, 0.1) is 0 Å². The minimum Gasteiger partial charge on any atom is -0.309 e. The van der Waals surface area contributed by atoms with Crippen LogP contribution in [0.5, 0.6) is 0 Å². The topological polar surface area (TPSA) is 3.24 Å². The lowest BCUT2D eigenvalue weighted by molar-refractivity contribution is 0.567. The molecule has 1 heteroatoms. The molecule has 0 saturated heterocycles. The molecule has 254 valence electrons. The molecule has 3 heterocycles. The monoisotopic (exact) mass is 671 g/mol. The predicted octanol–water partition coefficient (Wildman–Crippen LogP) is 14.0. The molecule has 3 aliphatic rings. The summed E-state index contributed by atoms with van der Waals surface area (Å²) in [5.74, 6) is 0. The average molecular weight is 672 g/mol. The van der Waals surface area contributed by atoms with Crippen LogP contribution in [0.2, 0.25) is 0 Å². The maximum absolute atomic E-state index is 4.00. The molecule has 0 radical (unpaired) electrons. The van der Waals surface area contributed by atoms with E-state index in [4.69, 9.17) is 0 Å². The molecular formula is C51H45N. The zero-order chi connectivity index (χ0) is 36.3. The third-order valence-corrected chi connectivity index (χ3v) is 12.5. The van der Waals surface area contributed by atoms with Crippen molar-refractivity contribution in [1.82, 2.24) is 0 Å². The van der Waals surface area contributed by atoms with Crippen molar-refractivity contribution in [3.63, 3.8) is 0 Å². The lowest BCUT2D eigenvalue weighted by Gasteiger charge is -2.55. The van der Waals surface area contributed by atoms with Gasteiger partial charge in [-0.1, -0.05) is 152 Å². The van der Waals surface area contributed by atoms with Crippen LogP contribution in [0.25, 0.3) is 51.6 Å². The average Bonchev–Trinajstić information content (AvgIpc) is 3.16. The number of hydrogen-bond donors (Lipinski definition) is 0. The van der Waals surface area contributed by atoms with Crippen LogP contribution >= 0.6 is 0 Å². The zero-order valence-corrected chi connectivity index (χ0v) is 31.2. The van der Waals surface area contributed by atoms with E-state index in [1.54, 1.807) is 0 Å². The maximum Gasteiger partial charge on any atom is 0.0544 e. The van der Waals surface area contributed by atoms with Crippen LogP contribution in [0.3, 0.4) is 0 Å². The minimum atomic E-state index is -0.257. The Morgan fingerprint density at radius 2 is 0.558 bits per heavy atom. The standard InChI is InChI=1S/C51H45N/c1-10-31-13-19-34(20-14-31)37-25-40-46-41(26-37)50(6,7)43-28-39(36-23-17-33(12-3)18-24-36)30-45-48(43)52(46)47-42(49(40,4)5)27-38(29-44(47)51(45,8)9)35-21-15-32(11-2)16-22-35/h10-30H,1-3H2,4-9H3. The molecule has 0 amide bonds. The molecule has 1 nitrogen and oxygen atoms in total. The Hall–Kier alpha value is -5.66. The highest BCUT2D eigenvalue weighted by atomic mass is 15.2. The maximum atomic E-state index is 4.00. The molecule has 0 aromatic heterocycles. The smallest absolute Gasteiger partial charge is 0.0544 e. The van der Waals surface area contributed by atoms with Crippen LogP contribution in [-0.4, -0.2) is 0 Å². The molecule has 0 atom stereocenters. The summed E-state index contributed by atoms with van der Waals surface area (Å²) in [6, 6.07) is 41.4. The Kier molecular flexibility index (Phi) is 6.78. The molecule has 0 fully saturated rings. The quantitative estimate of drug-likeness (QED) is 0.170. The van der Waals surface area contributed by atoms with Gasteiger partial charge in [-0.05, 0) is 120 Å². The van der Waals surface area contributed by atoms with Gasteiger partial charge in [0.15, 0.2) is 0 Å². The van der Waals surface area contributed by atoms with Crippen LogP contribution in [0.1, 0.15) is 91.6 Å². The molecule has 6 aromatic rings. The molecule has 0 N–H and O–H groups in total. The summed E-state index contributed by atoms with van der Waals surface area (Å²) in [6.07, 6.45) is 5.75. The summed E-state index contributed by atoms with van der Waals surface area (Å²) in [4.78, 5) is 2.67. The van der Waals surface area contributed by atoms with Crippen LogP contribution in [0.15, 0.2) is 129 Å². The van der Waals surface area contributed by atoms with Gasteiger partial charge in [0.05, 0.1) is 17.1 Å². The summed E-state index contributed by atoms with van der Waals surface area (Å²) >= 11 is 0. The van der Waals surface area contributed by atoms with Gasteiger partial charge in [-0.3, -0.25) is 0 Å². The van der Waals surface area contributed by atoms with E-state index in [0.29, 0.717) is 0 Å². The first-order valence-electron chi connectivity index (χ1n) is 18.4. The lowest BCUT2D eigenvalue weighted by atomic mass is 9.60. The van der Waals surface area contributed by atoms with E-state index in [1.807, 2.05) is 18.2 Å². The summed E-state index contributed by atoms with van der Waals surface area (Å²) in [7, 11) is 0. The second-order valence-electron chi connectivity index (χ2n) is 16.4. The van der Waals surface area contributed by atoms with Gasteiger partial charge in [-0.25, -0.2) is 0 Å². The van der Waals surface area contributed by atoms with Gasteiger partial charge >= 0.3 is 0 Å². The molecule has 0 bridgehead atoms. The van der Waals surface area contributed by atoms with E-state index < -0.39 is 0 Å². The Morgan fingerprint density at radius 1 is 0.346 bits per heavy atom. The highest BCUT2D eigenvalue weighted by molar-refractivity contribution is 6.01. The third kappa shape index (κ3) is 4.35. The highest BCUT2D eigenvalue weighted by Crippen LogP contribution is 2.67. The van der Waals surface area contributed by atoms with E-state index in [0.717, 1.165) is 16.7 Å². The fourth-order valence-corrected chi connectivity index (χ4v) is 9.19. The molecule has 3 aliphatic heterocycles. The Bertz CT molecular complexity index is 2140. The van der Waals surface area contributed by atoms with Crippen molar-refractivity contribution in [1.29, 1.82) is 0 Å². The lowest BCUT2D eigenvalue weighted by Crippen LogP contribution is -2.43. The summed E-state index contributed by atoms with van der Waals surface area (Å²) < 4.78 is 0. The molecule has 0 spiro atoms. The Balaban J connectivity index is 1.39. The Morgan fingerprint density at radius 3 is 0.750 bits per heavy atom. The summed E-state index contributed by atoms with van der Waals surface area (Å²) in [5, 5.41) is 0. The first-order chi connectivity index (χ1) is 24.9. The van der Waals surface area contributed by atoms with Gasteiger partial charge < -0.3 is 4.90 Å². The number of rotatable bonds is 6. The molecule has 0 aliphatic carbocycles. The second-order valence-corrected chi connectivity index (χ2v) is 16.4.